The Morgan fingerprint density at radius 1 is 1.00 bits per heavy atom. The van der Waals surface area contributed by atoms with E-state index in [0.717, 1.165) is 21.6 Å². The largest absolute Gasteiger partial charge is 0.436 e. The minimum absolute atomic E-state index is 0.678. The van der Waals surface area contributed by atoms with Gasteiger partial charge in [-0.05, 0) is 29.2 Å². The molecule has 0 aliphatic carbocycles. The van der Waals surface area contributed by atoms with Crippen molar-refractivity contribution in [2.45, 2.75) is 4.90 Å². The third-order valence-electron chi connectivity index (χ3n) is 2.54. The van der Waals surface area contributed by atoms with E-state index >= 15 is 0 Å². The van der Waals surface area contributed by atoms with Crippen LogP contribution in [0.3, 0.4) is 0 Å². The van der Waals surface area contributed by atoms with Gasteiger partial charge in [0, 0.05) is 5.56 Å². The number of hydrogen-bond donors (Lipinski definition) is 0. The van der Waals surface area contributed by atoms with Crippen LogP contribution < -0.4 is 0 Å². The molecule has 0 saturated heterocycles. The average molecular weight is 253 g/mol. The monoisotopic (exact) mass is 253 g/mol. The van der Waals surface area contributed by atoms with E-state index in [1.165, 1.54) is 0 Å². The highest BCUT2D eigenvalue weighted by atomic mass is 32.3. The lowest BCUT2D eigenvalue weighted by Gasteiger charge is -2.02. The van der Waals surface area contributed by atoms with Gasteiger partial charge in [0.05, 0.1) is 0 Å². The molecular weight excluding hydrogens is 245 g/mol. The highest BCUT2D eigenvalue weighted by Gasteiger charge is 2.10. The van der Waals surface area contributed by atoms with Crippen molar-refractivity contribution in [1.82, 2.24) is 4.98 Å². The SMILES string of the molecule is [Al][S]c1ccccc1-c1nc2ccccc2o1. The Morgan fingerprint density at radius 2 is 1.76 bits per heavy atom. The van der Waals surface area contributed by atoms with Gasteiger partial charge in [0.15, 0.2) is 5.58 Å². The van der Waals surface area contributed by atoms with Crippen molar-refractivity contribution >= 4 is 36.4 Å². The van der Waals surface area contributed by atoms with Gasteiger partial charge in [0.2, 0.25) is 21.0 Å². The van der Waals surface area contributed by atoms with Crippen molar-refractivity contribution in [1.29, 1.82) is 0 Å². The van der Waals surface area contributed by atoms with E-state index in [-0.39, 0.29) is 0 Å². The number of aromatic nitrogens is 1. The maximum absolute atomic E-state index is 5.76. The minimum Gasteiger partial charge on any atom is -0.436 e. The number of oxazole rings is 1. The van der Waals surface area contributed by atoms with Crippen molar-refractivity contribution < 1.29 is 4.42 Å². The summed E-state index contributed by atoms with van der Waals surface area (Å²) in [5.41, 5.74) is 2.75. The summed E-state index contributed by atoms with van der Waals surface area (Å²) in [5, 5.41) is 0. The van der Waals surface area contributed by atoms with Crippen molar-refractivity contribution in [2.24, 2.45) is 0 Å². The zero-order valence-electron chi connectivity index (χ0n) is 8.96. The molecule has 0 bridgehead atoms. The predicted octanol–water partition coefficient (Wildman–Crippen LogP) is 3.67. The fraction of sp³-hybridized carbons (Fsp3) is 0. The van der Waals surface area contributed by atoms with Crippen molar-refractivity contribution in [2.75, 3.05) is 0 Å². The van der Waals surface area contributed by atoms with Crippen molar-refractivity contribution in [3.05, 3.63) is 48.5 Å². The van der Waals surface area contributed by atoms with Gasteiger partial charge in [0.1, 0.15) is 5.52 Å². The number of rotatable bonds is 2. The second-order valence-electron chi connectivity index (χ2n) is 3.60. The molecule has 0 atom stereocenters. The van der Waals surface area contributed by atoms with Gasteiger partial charge in [-0.2, -0.15) is 0 Å². The Balaban J connectivity index is 2.20. The molecule has 2 radical (unpaired) electrons. The number of para-hydroxylation sites is 2. The fourth-order valence-electron chi connectivity index (χ4n) is 1.73. The molecule has 17 heavy (non-hydrogen) atoms. The van der Waals surface area contributed by atoms with Crippen LogP contribution in [-0.4, -0.2) is 20.1 Å². The molecule has 3 rings (SSSR count). The second kappa shape index (κ2) is 4.58. The molecule has 0 aliphatic rings. The van der Waals surface area contributed by atoms with Crippen LogP contribution >= 0.6 is 10.1 Å². The lowest BCUT2D eigenvalue weighted by atomic mass is 10.2. The molecule has 2 aromatic carbocycles. The number of hydrogen-bond acceptors (Lipinski definition) is 3. The standard InChI is InChI=1S/C13H9NOS.Al/c16-12-8-4-1-5-9(12)13-14-10-6-2-3-7-11(10)15-13;/h1-8,16H;/q;+1/p-1. The summed E-state index contributed by atoms with van der Waals surface area (Å²) < 4.78 is 5.76. The summed E-state index contributed by atoms with van der Waals surface area (Å²) >= 11 is 2.65. The molecule has 0 aliphatic heterocycles. The molecule has 0 amide bonds. The Morgan fingerprint density at radius 3 is 2.59 bits per heavy atom. The first-order valence-electron chi connectivity index (χ1n) is 5.20. The lowest BCUT2D eigenvalue weighted by molar-refractivity contribution is 0.618. The normalized spacial score (nSPS) is 10.8. The van der Waals surface area contributed by atoms with Gasteiger partial charge in [-0.25, -0.2) is 4.98 Å². The molecule has 0 fully saturated rings. The summed E-state index contributed by atoms with van der Waals surface area (Å²) in [6.45, 7) is 0. The first-order chi connectivity index (χ1) is 8.38. The summed E-state index contributed by atoms with van der Waals surface area (Å²) in [6.07, 6.45) is 0. The molecule has 1 aromatic heterocycles. The van der Waals surface area contributed by atoms with Crippen molar-refractivity contribution in [3.63, 3.8) is 0 Å². The Hall–Kier alpha value is -1.21. The van der Waals surface area contributed by atoms with Gasteiger partial charge in [-0.3, -0.25) is 10.1 Å². The first kappa shape index (κ1) is 10.9. The second-order valence-corrected chi connectivity index (χ2v) is 4.98. The van der Waals surface area contributed by atoms with Gasteiger partial charge < -0.3 is 4.42 Å². The molecule has 3 aromatic rings. The number of nitrogens with zero attached hydrogens (tertiary/aromatic N) is 1. The third kappa shape index (κ3) is 2.00. The zero-order chi connectivity index (χ0) is 11.7. The summed E-state index contributed by atoms with van der Waals surface area (Å²) in [4.78, 5) is 5.64. The van der Waals surface area contributed by atoms with Gasteiger partial charge in [-0.15, -0.1) is 0 Å². The molecule has 0 spiro atoms. The highest BCUT2D eigenvalue weighted by Crippen LogP contribution is 2.31. The summed E-state index contributed by atoms with van der Waals surface area (Å²) in [5.74, 6) is 0.678. The van der Waals surface area contributed by atoms with E-state index in [9.17, 15) is 0 Å². The van der Waals surface area contributed by atoms with Crippen LogP contribution in [0.2, 0.25) is 0 Å². The van der Waals surface area contributed by atoms with Crippen LogP contribution in [0.5, 0.6) is 0 Å². The van der Waals surface area contributed by atoms with Crippen LogP contribution in [0, 0.1) is 0 Å². The molecular formula is C13H8AlNOS. The van der Waals surface area contributed by atoms with Crippen LogP contribution in [0.25, 0.3) is 22.6 Å². The van der Waals surface area contributed by atoms with Crippen LogP contribution in [-0.2, 0) is 0 Å². The van der Waals surface area contributed by atoms with E-state index in [4.69, 9.17) is 4.42 Å². The van der Waals surface area contributed by atoms with Crippen LogP contribution in [0.1, 0.15) is 0 Å². The summed E-state index contributed by atoms with van der Waals surface area (Å²) in [6, 6.07) is 15.9. The molecule has 80 valence electrons. The highest BCUT2D eigenvalue weighted by molar-refractivity contribution is 8.19. The van der Waals surface area contributed by atoms with Gasteiger partial charge in [0.25, 0.3) is 0 Å². The lowest BCUT2D eigenvalue weighted by Crippen LogP contribution is -1.81. The van der Waals surface area contributed by atoms with Gasteiger partial charge in [-0.1, -0.05) is 24.3 Å². The maximum atomic E-state index is 5.76. The number of fused-ring (bicyclic) bond motifs is 1. The van der Waals surface area contributed by atoms with E-state index < -0.39 is 0 Å². The Bertz CT molecular complexity index is 632. The topological polar surface area (TPSA) is 26.0 Å². The van der Waals surface area contributed by atoms with Crippen molar-refractivity contribution in [3.8, 4) is 11.5 Å². The third-order valence-corrected chi connectivity index (χ3v) is 3.91. The molecule has 0 unspecified atom stereocenters. The van der Waals surface area contributed by atoms with E-state index in [1.54, 1.807) is 10.1 Å². The van der Waals surface area contributed by atoms with Crippen LogP contribution in [0.15, 0.2) is 57.8 Å². The smallest absolute Gasteiger partial charge is 0.241 e. The van der Waals surface area contributed by atoms with E-state index in [1.807, 2.05) is 42.5 Å². The predicted molar refractivity (Wildman–Crippen MR) is 71.1 cm³/mol. The Kier molecular flexibility index (Phi) is 2.94. The molecule has 0 saturated carbocycles. The minimum atomic E-state index is 0.678. The quantitative estimate of drug-likeness (QED) is 0.652. The van der Waals surface area contributed by atoms with Crippen LogP contribution in [0.4, 0.5) is 0 Å². The summed E-state index contributed by atoms with van der Waals surface area (Å²) in [7, 11) is 1.62. The molecule has 4 heteroatoms. The van der Waals surface area contributed by atoms with E-state index in [2.05, 4.69) is 26.2 Å². The molecule has 2 nitrogen and oxygen atoms in total. The number of benzene rings is 2. The zero-order valence-corrected chi connectivity index (χ0v) is 10.9. The molecule has 0 N–H and O–H groups in total. The van der Waals surface area contributed by atoms with Gasteiger partial charge >= 0.3 is 0 Å². The average Bonchev–Trinajstić information content (AvgIpc) is 2.82. The Labute approximate surface area is 111 Å². The molecule has 1 heterocycles. The maximum Gasteiger partial charge on any atom is 0.241 e. The first-order valence-corrected chi connectivity index (χ1v) is 7.49. The van der Waals surface area contributed by atoms with E-state index in [0.29, 0.717) is 5.89 Å². The fourth-order valence-corrected chi connectivity index (χ4v) is 2.79.